The number of oxazole rings is 1. The number of nitrogens with zero attached hydrogens (tertiary/aromatic N) is 3. The first-order valence-electron chi connectivity index (χ1n) is 12.3. The van der Waals surface area contributed by atoms with Gasteiger partial charge in [0.15, 0.2) is 5.69 Å². The highest BCUT2D eigenvalue weighted by Crippen LogP contribution is 2.23. The number of aromatic nitrogens is 1. The fraction of sp³-hybridized carbons (Fsp3) is 0.600. The van der Waals surface area contributed by atoms with Crippen LogP contribution in [-0.4, -0.2) is 77.8 Å². The highest BCUT2D eigenvalue weighted by Gasteiger charge is 2.22. The first kappa shape index (κ1) is 25.0. The minimum Gasteiger partial charge on any atom is -0.491 e. The Hall–Kier alpha value is -2.13. The molecule has 2 heterocycles. The number of hydrogen-bond acceptors (Lipinski definition) is 7. The van der Waals surface area contributed by atoms with Crippen molar-refractivity contribution in [2.45, 2.75) is 44.8 Å². The number of hydrogen-bond donors (Lipinski definition) is 2. The predicted molar refractivity (Wildman–Crippen MR) is 130 cm³/mol. The van der Waals surface area contributed by atoms with E-state index in [1.54, 1.807) is 24.3 Å². The van der Waals surface area contributed by atoms with Gasteiger partial charge in [-0.25, -0.2) is 4.98 Å². The second-order valence-electron chi connectivity index (χ2n) is 9.34. The summed E-state index contributed by atoms with van der Waals surface area (Å²) >= 11 is 5.88. The molecule has 1 saturated heterocycles. The Balaban J connectivity index is 1.13. The van der Waals surface area contributed by atoms with Crippen LogP contribution in [0.4, 0.5) is 0 Å². The number of rotatable bonds is 10. The summed E-state index contributed by atoms with van der Waals surface area (Å²) in [6.45, 7) is 5.47. The maximum Gasteiger partial charge on any atom is 0.273 e. The molecule has 2 aromatic rings. The largest absolute Gasteiger partial charge is 0.491 e. The minimum atomic E-state index is -0.566. The summed E-state index contributed by atoms with van der Waals surface area (Å²) in [7, 11) is 0. The molecule has 34 heavy (non-hydrogen) atoms. The van der Waals surface area contributed by atoms with Crippen LogP contribution < -0.4 is 10.1 Å². The second-order valence-corrected chi connectivity index (χ2v) is 9.77. The van der Waals surface area contributed by atoms with E-state index in [0.717, 1.165) is 32.7 Å². The van der Waals surface area contributed by atoms with Crippen molar-refractivity contribution in [2.75, 3.05) is 45.9 Å². The third-order valence-corrected chi connectivity index (χ3v) is 6.86. The maximum atomic E-state index is 12.4. The number of β-amino-alcohol motifs (C(OH)–C–C–N with tert-alkyl or cyclic N) is 1. The molecule has 0 bridgehead atoms. The van der Waals surface area contributed by atoms with Gasteiger partial charge in [-0.2, -0.15) is 0 Å². The van der Waals surface area contributed by atoms with Crippen molar-refractivity contribution in [3.63, 3.8) is 0 Å². The van der Waals surface area contributed by atoms with Gasteiger partial charge >= 0.3 is 0 Å². The molecule has 1 aliphatic heterocycles. The highest BCUT2D eigenvalue weighted by atomic mass is 35.5. The van der Waals surface area contributed by atoms with Crippen molar-refractivity contribution < 1.29 is 19.1 Å². The molecule has 8 nitrogen and oxygen atoms in total. The van der Waals surface area contributed by atoms with E-state index in [0.29, 0.717) is 41.4 Å². The molecule has 2 aliphatic rings. The zero-order valence-corrected chi connectivity index (χ0v) is 20.4. The van der Waals surface area contributed by atoms with Crippen molar-refractivity contribution in [3.8, 4) is 5.75 Å². The van der Waals surface area contributed by atoms with Crippen molar-refractivity contribution >= 4 is 17.5 Å². The normalized spacial score (nSPS) is 19.1. The number of piperazine rings is 1. The Morgan fingerprint density at radius 1 is 1.15 bits per heavy atom. The van der Waals surface area contributed by atoms with E-state index in [9.17, 15) is 9.90 Å². The summed E-state index contributed by atoms with van der Waals surface area (Å²) in [4.78, 5) is 21.3. The molecule has 1 atom stereocenters. The monoisotopic (exact) mass is 490 g/mol. The summed E-state index contributed by atoms with van der Waals surface area (Å²) in [6, 6.07) is 7.12. The van der Waals surface area contributed by atoms with Crippen LogP contribution in [0.3, 0.4) is 0 Å². The summed E-state index contributed by atoms with van der Waals surface area (Å²) in [5.41, 5.74) is 0.355. The number of carbonyl (C=O) groups excluding carboxylic acids is 1. The molecule has 1 aliphatic carbocycles. The number of aliphatic hydroxyl groups excluding tert-OH is 1. The molecule has 1 unspecified atom stereocenters. The van der Waals surface area contributed by atoms with Crippen LogP contribution in [0.2, 0.25) is 5.02 Å². The fourth-order valence-electron chi connectivity index (χ4n) is 4.60. The minimum absolute atomic E-state index is 0.153. The van der Waals surface area contributed by atoms with E-state index in [4.69, 9.17) is 20.8 Å². The van der Waals surface area contributed by atoms with Crippen LogP contribution in [0.1, 0.15) is 48.5 Å². The molecular weight excluding hydrogens is 456 g/mol. The smallest absolute Gasteiger partial charge is 0.273 e. The van der Waals surface area contributed by atoms with Gasteiger partial charge < -0.3 is 19.6 Å². The number of benzene rings is 1. The summed E-state index contributed by atoms with van der Waals surface area (Å²) in [5, 5.41) is 14.0. The average molecular weight is 491 g/mol. The van der Waals surface area contributed by atoms with Crippen molar-refractivity contribution in [1.82, 2.24) is 20.1 Å². The van der Waals surface area contributed by atoms with Crippen molar-refractivity contribution in [2.24, 2.45) is 5.92 Å². The van der Waals surface area contributed by atoms with Gasteiger partial charge in [-0.3, -0.25) is 14.6 Å². The van der Waals surface area contributed by atoms with Gasteiger partial charge in [0.1, 0.15) is 24.7 Å². The summed E-state index contributed by atoms with van der Waals surface area (Å²) in [5.74, 6) is 1.69. The number of halogens is 1. The molecule has 4 rings (SSSR count). The summed E-state index contributed by atoms with van der Waals surface area (Å²) < 4.78 is 11.2. The first-order valence-corrected chi connectivity index (χ1v) is 12.7. The molecule has 1 saturated carbocycles. The third kappa shape index (κ3) is 7.70. The SMILES string of the molecule is O=C(NCC1CCCCC1)c1coc(CN2CCN(CC(O)COc3ccc(Cl)cc3)CC2)n1. The molecule has 186 valence electrons. The van der Waals surface area contributed by atoms with E-state index in [1.807, 2.05) is 0 Å². The Morgan fingerprint density at radius 2 is 1.85 bits per heavy atom. The average Bonchev–Trinajstić information content (AvgIpc) is 3.33. The van der Waals surface area contributed by atoms with E-state index in [-0.39, 0.29) is 12.5 Å². The number of amides is 1. The lowest BCUT2D eigenvalue weighted by molar-refractivity contribution is 0.0430. The van der Waals surface area contributed by atoms with Crippen LogP contribution in [0.25, 0.3) is 0 Å². The van der Waals surface area contributed by atoms with Gasteiger partial charge in [0.2, 0.25) is 5.89 Å². The van der Waals surface area contributed by atoms with Gasteiger partial charge in [0, 0.05) is 44.3 Å². The van der Waals surface area contributed by atoms with Crippen LogP contribution in [0.5, 0.6) is 5.75 Å². The van der Waals surface area contributed by atoms with Crippen LogP contribution in [0, 0.1) is 5.92 Å². The van der Waals surface area contributed by atoms with Gasteiger partial charge in [-0.05, 0) is 43.0 Å². The Bertz CT molecular complexity index is 893. The third-order valence-electron chi connectivity index (χ3n) is 6.61. The zero-order chi connectivity index (χ0) is 23.8. The maximum absolute atomic E-state index is 12.4. The molecular formula is C25H35ClN4O4. The first-order chi connectivity index (χ1) is 16.5. The Morgan fingerprint density at radius 3 is 2.59 bits per heavy atom. The standard InChI is InChI=1S/C25H35ClN4O4/c26-20-6-8-22(9-7-20)33-17-21(31)15-29-10-12-30(13-11-29)16-24-28-23(18-34-24)25(32)27-14-19-4-2-1-3-5-19/h6-9,18-19,21,31H,1-5,10-17H2,(H,27,32). The van der Waals surface area contributed by atoms with E-state index in [2.05, 4.69) is 20.1 Å². The lowest BCUT2D eigenvalue weighted by atomic mass is 9.89. The van der Waals surface area contributed by atoms with Crippen molar-refractivity contribution in [3.05, 3.63) is 47.1 Å². The topological polar surface area (TPSA) is 91.1 Å². The summed E-state index contributed by atoms with van der Waals surface area (Å²) in [6.07, 6.45) is 7.12. The van der Waals surface area contributed by atoms with Crippen molar-refractivity contribution in [1.29, 1.82) is 0 Å². The lowest BCUT2D eigenvalue weighted by Crippen LogP contribution is -2.48. The molecule has 1 aromatic heterocycles. The van der Waals surface area contributed by atoms with E-state index < -0.39 is 6.10 Å². The Labute approximate surface area is 206 Å². The molecule has 0 radical (unpaired) electrons. The lowest BCUT2D eigenvalue weighted by Gasteiger charge is -2.34. The number of nitrogens with one attached hydrogen (secondary N) is 1. The highest BCUT2D eigenvalue weighted by molar-refractivity contribution is 6.30. The van der Waals surface area contributed by atoms with Gasteiger partial charge in [0.05, 0.1) is 6.54 Å². The Kier molecular flexibility index (Phi) is 9.21. The quantitative estimate of drug-likeness (QED) is 0.528. The predicted octanol–water partition coefficient (Wildman–Crippen LogP) is 3.20. The molecule has 2 fully saturated rings. The molecule has 9 heteroatoms. The molecule has 1 aromatic carbocycles. The van der Waals surface area contributed by atoms with Crippen LogP contribution in [0.15, 0.2) is 34.9 Å². The number of carbonyl (C=O) groups is 1. The second kappa shape index (κ2) is 12.5. The zero-order valence-electron chi connectivity index (χ0n) is 19.6. The van der Waals surface area contributed by atoms with E-state index >= 15 is 0 Å². The van der Waals surface area contributed by atoms with Crippen LogP contribution in [-0.2, 0) is 6.54 Å². The van der Waals surface area contributed by atoms with Gasteiger partial charge in [-0.15, -0.1) is 0 Å². The molecule has 2 N–H and O–H groups in total. The van der Waals surface area contributed by atoms with E-state index in [1.165, 1.54) is 38.4 Å². The number of ether oxygens (including phenoxy) is 1. The fourth-order valence-corrected chi connectivity index (χ4v) is 4.73. The van der Waals surface area contributed by atoms with Gasteiger partial charge in [-0.1, -0.05) is 30.9 Å². The molecule has 1 amide bonds. The number of aliphatic hydroxyl groups is 1. The van der Waals surface area contributed by atoms with Crippen LogP contribution >= 0.6 is 11.6 Å². The molecule has 0 spiro atoms. The van der Waals surface area contributed by atoms with Gasteiger partial charge in [0.25, 0.3) is 5.91 Å².